The summed E-state index contributed by atoms with van der Waals surface area (Å²) < 4.78 is 0. The Morgan fingerprint density at radius 3 is 2.73 bits per heavy atom. The van der Waals surface area contributed by atoms with Crippen LogP contribution >= 0.6 is 11.3 Å². The molecule has 0 fully saturated rings. The van der Waals surface area contributed by atoms with Crippen molar-refractivity contribution in [3.05, 3.63) is 17.0 Å². The summed E-state index contributed by atoms with van der Waals surface area (Å²) in [4.78, 5) is 11.2. The summed E-state index contributed by atoms with van der Waals surface area (Å²) in [5.74, 6) is 4.97. The summed E-state index contributed by atoms with van der Waals surface area (Å²) >= 11 is 1.32. The highest BCUT2D eigenvalue weighted by atomic mass is 32.1. The van der Waals surface area contributed by atoms with Crippen LogP contribution in [0.4, 0.5) is 5.00 Å². The Kier molecular flexibility index (Phi) is 2.11. The molecule has 1 aromatic heterocycles. The highest BCUT2D eigenvalue weighted by molar-refractivity contribution is 7.14. The topological polar surface area (TPSA) is 72.3 Å². The van der Waals surface area contributed by atoms with E-state index in [1.54, 1.807) is 11.4 Å². The van der Waals surface area contributed by atoms with E-state index in [0.717, 1.165) is 5.01 Å². The maximum atomic E-state index is 11.2. The predicted octanol–water partition coefficient (Wildman–Crippen LogP) is 0.276. The lowest BCUT2D eigenvalue weighted by atomic mass is 10.3. The summed E-state index contributed by atoms with van der Waals surface area (Å²) in [7, 11) is 1.49. The van der Waals surface area contributed by atoms with Crippen molar-refractivity contribution < 1.29 is 4.79 Å². The molecule has 0 bridgehead atoms. The van der Waals surface area contributed by atoms with Crippen molar-refractivity contribution in [3.8, 4) is 0 Å². The first-order chi connectivity index (χ1) is 5.13. The fraction of sp³-hybridized carbons (Fsp3) is 0.167. The first-order valence-corrected chi connectivity index (χ1v) is 3.86. The number of hydrogen-bond acceptors (Lipinski definition) is 4. The molecule has 11 heavy (non-hydrogen) atoms. The average Bonchev–Trinajstić information content (AvgIpc) is 2.33. The fourth-order valence-corrected chi connectivity index (χ4v) is 1.32. The van der Waals surface area contributed by atoms with E-state index in [4.69, 9.17) is 11.6 Å². The van der Waals surface area contributed by atoms with Gasteiger partial charge >= 0.3 is 0 Å². The zero-order valence-electron chi connectivity index (χ0n) is 6.07. The molecule has 0 aliphatic carbocycles. The van der Waals surface area contributed by atoms with E-state index in [1.807, 2.05) is 0 Å². The number of thiophene rings is 1. The zero-order chi connectivity index (χ0) is 8.43. The summed E-state index contributed by atoms with van der Waals surface area (Å²) in [5, 5.41) is 3.28. The first-order valence-electron chi connectivity index (χ1n) is 2.98. The van der Waals surface area contributed by atoms with E-state index in [2.05, 4.69) is 0 Å². The Hall–Kier alpha value is -1.07. The third-order valence-electron chi connectivity index (χ3n) is 1.25. The number of hydrazine groups is 1. The number of nitrogens with zero attached hydrogens (tertiary/aromatic N) is 1. The van der Waals surface area contributed by atoms with E-state index in [0.29, 0.717) is 10.6 Å². The molecule has 0 aliphatic rings. The van der Waals surface area contributed by atoms with Crippen molar-refractivity contribution in [2.24, 2.45) is 5.84 Å². The van der Waals surface area contributed by atoms with Crippen LogP contribution in [0.5, 0.6) is 0 Å². The molecule has 60 valence electrons. The molecule has 0 saturated carbocycles. The molecule has 0 saturated heterocycles. The zero-order valence-corrected chi connectivity index (χ0v) is 6.89. The number of hydrogen-bond donors (Lipinski definition) is 2. The Labute approximate surface area is 68.4 Å². The van der Waals surface area contributed by atoms with Crippen LogP contribution < -0.4 is 11.6 Å². The van der Waals surface area contributed by atoms with Crippen LogP contribution in [0.2, 0.25) is 0 Å². The number of carbonyl (C=O) groups is 1. The Balaban J connectivity index is 2.93. The molecular formula is C6H9N3OS. The van der Waals surface area contributed by atoms with E-state index >= 15 is 0 Å². The van der Waals surface area contributed by atoms with E-state index in [9.17, 15) is 4.79 Å². The van der Waals surface area contributed by atoms with Gasteiger partial charge in [0.15, 0.2) is 0 Å². The molecule has 4 N–H and O–H groups in total. The molecule has 0 unspecified atom stereocenters. The molecule has 1 rings (SSSR count). The summed E-state index contributed by atoms with van der Waals surface area (Å²) in [6.45, 7) is 0. The Morgan fingerprint density at radius 2 is 2.36 bits per heavy atom. The van der Waals surface area contributed by atoms with Crippen molar-refractivity contribution in [1.29, 1.82) is 0 Å². The Bertz CT molecular complexity index is 269. The molecule has 1 aromatic rings. The van der Waals surface area contributed by atoms with Gasteiger partial charge in [-0.05, 0) is 11.4 Å². The maximum Gasteiger partial charge on any atom is 0.270 e. The summed E-state index contributed by atoms with van der Waals surface area (Å²) in [6, 6.07) is 1.66. The summed E-state index contributed by atoms with van der Waals surface area (Å²) in [5.41, 5.74) is 5.97. The number of nitrogens with two attached hydrogens (primary N) is 2. The number of amides is 1. The maximum absolute atomic E-state index is 11.2. The first kappa shape index (κ1) is 8.03. The normalized spacial score (nSPS) is 9.64. The average molecular weight is 171 g/mol. The van der Waals surface area contributed by atoms with Crippen LogP contribution in [0.1, 0.15) is 10.4 Å². The quantitative estimate of drug-likeness (QED) is 0.362. The van der Waals surface area contributed by atoms with Crippen molar-refractivity contribution in [2.75, 3.05) is 12.8 Å². The van der Waals surface area contributed by atoms with Crippen LogP contribution in [-0.4, -0.2) is 18.0 Å². The van der Waals surface area contributed by atoms with E-state index in [-0.39, 0.29) is 5.91 Å². The van der Waals surface area contributed by atoms with Crippen molar-refractivity contribution in [2.45, 2.75) is 0 Å². The Morgan fingerprint density at radius 1 is 1.73 bits per heavy atom. The van der Waals surface area contributed by atoms with Crippen LogP contribution in [-0.2, 0) is 0 Å². The van der Waals surface area contributed by atoms with Gasteiger partial charge in [0.25, 0.3) is 5.91 Å². The smallest absolute Gasteiger partial charge is 0.270 e. The summed E-state index contributed by atoms with van der Waals surface area (Å²) in [6.07, 6.45) is 0. The van der Waals surface area contributed by atoms with Crippen LogP contribution in [0.25, 0.3) is 0 Å². The van der Waals surface area contributed by atoms with E-state index in [1.165, 1.54) is 18.4 Å². The second kappa shape index (κ2) is 2.89. The standard InChI is InChI=1S/C6H9N3OS/c1-9(8)6(10)4-2-3-11-5(4)7/h2-3H,7-8H2,1H3. The van der Waals surface area contributed by atoms with Crippen molar-refractivity contribution in [1.82, 2.24) is 5.01 Å². The van der Waals surface area contributed by atoms with Gasteiger partial charge in [-0.2, -0.15) is 0 Å². The third-order valence-corrected chi connectivity index (χ3v) is 1.99. The van der Waals surface area contributed by atoms with Gasteiger partial charge in [0, 0.05) is 7.05 Å². The number of nitrogen functional groups attached to an aromatic ring is 1. The molecule has 0 spiro atoms. The van der Waals surface area contributed by atoms with Crippen LogP contribution in [0.15, 0.2) is 11.4 Å². The second-order valence-electron chi connectivity index (χ2n) is 2.11. The highest BCUT2D eigenvalue weighted by Crippen LogP contribution is 2.19. The molecule has 1 heterocycles. The SMILES string of the molecule is CN(N)C(=O)c1ccsc1N. The van der Waals surface area contributed by atoms with Gasteiger partial charge in [0.2, 0.25) is 0 Å². The van der Waals surface area contributed by atoms with Crippen molar-refractivity contribution in [3.63, 3.8) is 0 Å². The number of carbonyl (C=O) groups excluding carboxylic acids is 1. The highest BCUT2D eigenvalue weighted by Gasteiger charge is 2.12. The second-order valence-corrected chi connectivity index (χ2v) is 3.06. The molecular weight excluding hydrogens is 162 g/mol. The minimum atomic E-state index is -0.260. The fourth-order valence-electron chi connectivity index (χ4n) is 0.688. The molecule has 0 atom stereocenters. The minimum Gasteiger partial charge on any atom is -0.390 e. The largest absolute Gasteiger partial charge is 0.390 e. The lowest BCUT2D eigenvalue weighted by Gasteiger charge is -2.08. The van der Waals surface area contributed by atoms with Crippen molar-refractivity contribution >= 4 is 22.2 Å². The lowest BCUT2D eigenvalue weighted by Crippen LogP contribution is -2.33. The van der Waals surface area contributed by atoms with Gasteiger partial charge in [0.05, 0.1) is 10.6 Å². The van der Waals surface area contributed by atoms with Gasteiger partial charge in [-0.25, -0.2) is 5.84 Å². The number of rotatable bonds is 1. The lowest BCUT2D eigenvalue weighted by molar-refractivity contribution is 0.0796. The molecule has 1 amide bonds. The molecule has 4 nitrogen and oxygen atoms in total. The van der Waals surface area contributed by atoms with Gasteiger partial charge in [-0.3, -0.25) is 9.80 Å². The number of anilines is 1. The van der Waals surface area contributed by atoms with Crippen LogP contribution in [0.3, 0.4) is 0 Å². The van der Waals surface area contributed by atoms with E-state index < -0.39 is 0 Å². The van der Waals surface area contributed by atoms with Crippen LogP contribution in [0, 0.1) is 0 Å². The minimum absolute atomic E-state index is 0.260. The third kappa shape index (κ3) is 1.50. The molecule has 5 heteroatoms. The molecule has 0 aliphatic heterocycles. The van der Waals surface area contributed by atoms with Gasteiger partial charge in [-0.15, -0.1) is 11.3 Å². The molecule has 0 radical (unpaired) electrons. The van der Waals surface area contributed by atoms with Gasteiger partial charge in [0.1, 0.15) is 0 Å². The van der Waals surface area contributed by atoms with Gasteiger partial charge in [-0.1, -0.05) is 0 Å². The predicted molar refractivity (Wildman–Crippen MR) is 45.0 cm³/mol. The van der Waals surface area contributed by atoms with Gasteiger partial charge < -0.3 is 5.73 Å². The molecule has 0 aromatic carbocycles. The monoisotopic (exact) mass is 171 g/mol.